The van der Waals surface area contributed by atoms with Gasteiger partial charge in [0.1, 0.15) is 24.3 Å². The summed E-state index contributed by atoms with van der Waals surface area (Å²) in [5.41, 5.74) is 4.49. The first-order chi connectivity index (χ1) is 13.3. The first kappa shape index (κ1) is 16.5. The first-order valence-electron chi connectivity index (χ1n) is 9.27. The topological polar surface area (TPSA) is 58.5 Å². The van der Waals surface area contributed by atoms with E-state index in [-0.39, 0.29) is 12.1 Å². The molecule has 2 aliphatic heterocycles. The lowest BCUT2D eigenvalue weighted by atomic mass is 10.00. The van der Waals surface area contributed by atoms with Crippen molar-refractivity contribution in [3.8, 4) is 0 Å². The number of anilines is 1. The van der Waals surface area contributed by atoms with Gasteiger partial charge < -0.3 is 15.5 Å². The summed E-state index contributed by atoms with van der Waals surface area (Å²) in [5.74, 6) is 0.0366. The SMILES string of the molecule is O=C1N[C@H](c2ccncc2)Nc2sc3c(c21)CC[NH+](Cc1ccccc1)C3. The summed E-state index contributed by atoms with van der Waals surface area (Å²) < 4.78 is 0. The molecule has 1 aromatic carbocycles. The third kappa shape index (κ3) is 3.11. The molecule has 2 aliphatic rings. The van der Waals surface area contributed by atoms with Gasteiger partial charge in [-0.25, -0.2) is 0 Å². The molecule has 5 nitrogen and oxygen atoms in total. The summed E-state index contributed by atoms with van der Waals surface area (Å²) in [4.78, 5) is 19.8. The molecule has 0 spiro atoms. The van der Waals surface area contributed by atoms with Crippen LogP contribution in [0.2, 0.25) is 0 Å². The van der Waals surface area contributed by atoms with Crippen LogP contribution in [0.5, 0.6) is 0 Å². The lowest BCUT2D eigenvalue weighted by molar-refractivity contribution is -0.929. The number of pyridine rings is 1. The van der Waals surface area contributed by atoms with Gasteiger partial charge >= 0.3 is 0 Å². The fourth-order valence-corrected chi connectivity index (χ4v) is 5.35. The number of quaternary nitrogens is 1. The van der Waals surface area contributed by atoms with Gasteiger partial charge in [0.2, 0.25) is 0 Å². The molecule has 3 N–H and O–H groups in total. The number of fused-ring (bicyclic) bond motifs is 3. The minimum absolute atomic E-state index is 0.0366. The van der Waals surface area contributed by atoms with Crippen molar-refractivity contribution in [2.45, 2.75) is 25.7 Å². The number of hydrogen-bond donors (Lipinski definition) is 3. The van der Waals surface area contributed by atoms with E-state index in [2.05, 4.69) is 45.9 Å². The molecule has 1 amide bonds. The second-order valence-electron chi connectivity index (χ2n) is 7.13. The maximum Gasteiger partial charge on any atom is 0.256 e. The average Bonchev–Trinajstić information content (AvgIpc) is 3.07. The molecule has 27 heavy (non-hydrogen) atoms. The van der Waals surface area contributed by atoms with Gasteiger partial charge in [0, 0.05) is 24.4 Å². The van der Waals surface area contributed by atoms with Crippen LogP contribution in [0, 0.1) is 0 Å². The minimum Gasteiger partial charge on any atom is -0.353 e. The van der Waals surface area contributed by atoms with Crippen molar-refractivity contribution >= 4 is 22.2 Å². The summed E-state index contributed by atoms with van der Waals surface area (Å²) >= 11 is 1.75. The van der Waals surface area contributed by atoms with Gasteiger partial charge in [-0.2, -0.15) is 0 Å². The first-order valence-corrected chi connectivity index (χ1v) is 10.1. The van der Waals surface area contributed by atoms with E-state index in [1.54, 1.807) is 28.6 Å². The molecule has 0 radical (unpaired) electrons. The van der Waals surface area contributed by atoms with Crippen LogP contribution in [-0.2, 0) is 19.5 Å². The van der Waals surface area contributed by atoms with Gasteiger partial charge in [-0.1, -0.05) is 30.3 Å². The fraction of sp³-hybridized carbons (Fsp3) is 0.238. The van der Waals surface area contributed by atoms with Gasteiger partial charge in [-0.05, 0) is 23.3 Å². The molecule has 2 atom stereocenters. The van der Waals surface area contributed by atoms with Gasteiger partial charge in [-0.3, -0.25) is 9.78 Å². The summed E-state index contributed by atoms with van der Waals surface area (Å²) in [7, 11) is 0. The lowest BCUT2D eigenvalue weighted by Gasteiger charge is -2.27. The van der Waals surface area contributed by atoms with Crippen LogP contribution >= 0.6 is 11.3 Å². The van der Waals surface area contributed by atoms with Gasteiger partial charge in [-0.15, -0.1) is 11.3 Å². The highest BCUT2D eigenvalue weighted by Crippen LogP contribution is 2.38. The molecule has 1 unspecified atom stereocenters. The van der Waals surface area contributed by atoms with Crippen LogP contribution < -0.4 is 15.5 Å². The predicted molar refractivity (Wildman–Crippen MR) is 106 cm³/mol. The number of aromatic nitrogens is 1. The number of carbonyl (C=O) groups excluding carboxylic acids is 1. The highest BCUT2D eigenvalue weighted by Gasteiger charge is 2.34. The summed E-state index contributed by atoms with van der Waals surface area (Å²) in [6.45, 7) is 3.07. The van der Waals surface area contributed by atoms with E-state index in [1.807, 2.05) is 12.1 Å². The van der Waals surface area contributed by atoms with E-state index in [9.17, 15) is 4.79 Å². The van der Waals surface area contributed by atoms with E-state index < -0.39 is 0 Å². The van der Waals surface area contributed by atoms with Crippen molar-refractivity contribution in [1.29, 1.82) is 0 Å². The van der Waals surface area contributed by atoms with Crippen molar-refractivity contribution < 1.29 is 9.69 Å². The number of carbonyl (C=O) groups is 1. The number of thiophene rings is 1. The molecule has 0 saturated carbocycles. The number of rotatable bonds is 3. The van der Waals surface area contributed by atoms with E-state index >= 15 is 0 Å². The van der Waals surface area contributed by atoms with Crippen molar-refractivity contribution in [2.24, 2.45) is 0 Å². The standard InChI is InChI=1S/C21H20N4OS/c26-20-18-16-8-11-25(12-14-4-2-1-3-5-14)13-17(16)27-21(18)24-19(23-20)15-6-9-22-10-7-15/h1-7,9-10,19,24H,8,11-13H2,(H,23,26)/p+1/t19-/m0/s1. The monoisotopic (exact) mass is 377 g/mol. The smallest absolute Gasteiger partial charge is 0.256 e. The third-order valence-electron chi connectivity index (χ3n) is 5.34. The normalized spacial score (nSPS) is 21.0. The molecule has 0 aliphatic carbocycles. The third-order valence-corrected chi connectivity index (χ3v) is 6.51. The van der Waals surface area contributed by atoms with Crippen LogP contribution in [-0.4, -0.2) is 17.4 Å². The number of nitrogens with zero attached hydrogens (tertiary/aromatic N) is 1. The zero-order valence-electron chi connectivity index (χ0n) is 14.9. The van der Waals surface area contributed by atoms with E-state index in [0.29, 0.717) is 0 Å². The average molecular weight is 377 g/mol. The van der Waals surface area contributed by atoms with E-state index in [0.717, 1.165) is 42.2 Å². The Balaban J connectivity index is 1.39. The van der Waals surface area contributed by atoms with Crippen LogP contribution in [0.1, 0.15) is 38.1 Å². The quantitative estimate of drug-likeness (QED) is 0.655. The van der Waals surface area contributed by atoms with Crippen LogP contribution in [0.15, 0.2) is 54.9 Å². The van der Waals surface area contributed by atoms with Crippen LogP contribution in [0.3, 0.4) is 0 Å². The van der Waals surface area contributed by atoms with Crippen LogP contribution in [0.25, 0.3) is 0 Å². The maximum absolute atomic E-state index is 12.8. The largest absolute Gasteiger partial charge is 0.353 e. The molecule has 0 bridgehead atoms. The lowest BCUT2D eigenvalue weighted by Crippen LogP contribution is -3.10. The maximum atomic E-state index is 12.8. The number of amides is 1. The number of benzene rings is 1. The summed E-state index contributed by atoms with van der Waals surface area (Å²) in [5, 5.41) is 7.62. The van der Waals surface area contributed by atoms with Crippen LogP contribution in [0.4, 0.5) is 5.00 Å². The number of nitrogens with one attached hydrogen (secondary N) is 3. The minimum atomic E-state index is -0.194. The molecular formula is C21H21N4OS+. The fourth-order valence-electron chi connectivity index (χ4n) is 4.01. The predicted octanol–water partition coefficient (Wildman–Crippen LogP) is 2.14. The summed E-state index contributed by atoms with van der Waals surface area (Å²) in [6.07, 6.45) is 4.27. The van der Waals surface area contributed by atoms with Gasteiger partial charge in [0.05, 0.1) is 17.0 Å². The molecule has 5 rings (SSSR count). The zero-order chi connectivity index (χ0) is 18.2. The Hall–Kier alpha value is -2.70. The number of hydrogen-bond acceptors (Lipinski definition) is 4. The van der Waals surface area contributed by atoms with Crippen molar-refractivity contribution in [2.75, 3.05) is 11.9 Å². The zero-order valence-corrected chi connectivity index (χ0v) is 15.7. The molecule has 4 heterocycles. The molecule has 2 aromatic heterocycles. The Labute approximate surface area is 162 Å². The molecule has 136 valence electrons. The summed E-state index contributed by atoms with van der Waals surface area (Å²) in [6, 6.07) is 14.5. The molecule has 6 heteroatoms. The molecule has 0 saturated heterocycles. The van der Waals surface area contributed by atoms with E-state index in [4.69, 9.17) is 0 Å². The Morgan fingerprint density at radius 1 is 1.11 bits per heavy atom. The van der Waals surface area contributed by atoms with Crippen molar-refractivity contribution in [1.82, 2.24) is 10.3 Å². The second-order valence-corrected chi connectivity index (χ2v) is 8.23. The van der Waals surface area contributed by atoms with Crippen molar-refractivity contribution in [3.05, 3.63) is 82.0 Å². The molecular weight excluding hydrogens is 356 g/mol. The highest BCUT2D eigenvalue weighted by atomic mass is 32.1. The van der Waals surface area contributed by atoms with Gasteiger partial charge in [0.25, 0.3) is 5.91 Å². The highest BCUT2D eigenvalue weighted by molar-refractivity contribution is 7.16. The molecule has 3 aromatic rings. The Morgan fingerprint density at radius 2 is 1.93 bits per heavy atom. The van der Waals surface area contributed by atoms with Crippen molar-refractivity contribution in [3.63, 3.8) is 0 Å². The Bertz CT molecular complexity index is 971. The second kappa shape index (κ2) is 6.79. The Morgan fingerprint density at radius 3 is 2.74 bits per heavy atom. The molecule has 0 fully saturated rings. The van der Waals surface area contributed by atoms with E-state index in [1.165, 1.54) is 16.0 Å². The Kier molecular flexibility index (Phi) is 4.14. The van der Waals surface area contributed by atoms with Gasteiger partial charge in [0.15, 0.2) is 0 Å².